The Hall–Kier alpha value is -2.14. The van der Waals surface area contributed by atoms with Gasteiger partial charge in [0.05, 0.1) is 17.6 Å². The predicted molar refractivity (Wildman–Crippen MR) is 102 cm³/mol. The molecule has 0 bridgehead atoms. The van der Waals surface area contributed by atoms with E-state index < -0.39 is 0 Å². The van der Waals surface area contributed by atoms with E-state index in [4.69, 9.17) is 0 Å². The minimum Gasteiger partial charge on any atom is -0.358 e. The zero-order valence-electron chi connectivity index (χ0n) is 14.9. The van der Waals surface area contributed by atoms with E-state index in [2.05, 4.69) is 23.0 Å². The number of H-pyrrole nitrogens is 1. The summed E-state index contributed by atoms with van der Waals surface area (Å²) in [5.74, 6) is 0.756. The van der Waals surface area contributed by atoms with Crippen LogP contribution in [0.5, 0.6) is 0 Å². The fourth-order valence-corrected chi connectivity index (χ4v) is 4.57. The Bertz CT molecular complexity index is 940. The van der Waals surface area contributed by atoms with Crippen molar-refractivity contribution in [3.05, 3.63) is 51.1 Å². The Morgan fingerprint density at radius 3 is 3.04 bits per heavy atom. The number of thiazole rings is 1. The third-order valence-electron chi connectivity index (χ3n) is 5.09. The van der Waals surface area contributed by atoms with Crippen LogP contribution < -0.4 is 0 Å². The van der Waals surface area contributed by atoms with Crippen LogP contribution in [0.1, 0.15) is 45.7 Å². The van der Waals surface area contributed by atoms with Gasteiger partial charge in [-0.25, -0.2) is 4.98 Å². The molecule has 1 amide bonds. The molecule has 1 aliphatic rings. The summed E-state index contributed by atoms with van der Waals surface area (Å²) >= 11 is 1.60. The van der Waals surface area contributed by atoms with Crippen LogP contribution in [0.15, 0.2) is 23.6 Å². The molecular weight excluding hydrogens is 330 g/mol. The number of carbonyl (C=O) groups is 1. The Labute approximate surface area is 151 Å². The highest BCUT2D eigenvalue weighted by Gasteiger charge is 2.23. The molecule has 0 saturated heterocycles. The summed E-state index contributed by atoms with van der Waals surface area (Å²) in [6.07, 6.45) is 3.39. The molecule has 0 spiro atoms. The first-order chi connectivity index (χ1) is 12.0. The van der Waals surface area contributed by atoms with E-state index in [1.165, 1.54) is 23.1 Å². The molecule has 1 N–H and O–H groups in total. The zero-order valence-corrected chi connectivity index (χ0v) is 15.7. The van der Waals surface area contributed by atoms with Gasteiger partial charge in [-0.1, -0.05) is 19.1 Å². The van der Waals surface area contributed by atoms with Crippen LogP contribution in [-0.2, 0) is 19.4 Å². The van der Waals surface area contributed by atoms with Gasteiger partial charge in [-0.05, 0) is 43.7 Å². The molecule has 1 atom stereocenters. The molecule has 0 fully saturated rings. The average Bonchev–Trinajstić information content (AvgIpc) is 3.17. The van der Waals surface area contributed by atoms with Crippen LogP contribution >= 0.6 is 11.3 Å². The number of nitrogens with zero attached hydrogens (tertiary/aromatic N) is 2. The van der Waals surface area contributed by atoms with Crippen LogP contribution in [0, 0.1) is 12.8 Å². The van der Waals surface area contributed by atoms with Crippen LogP contribution in [0.2, 0.25) is 0 Å². The van der Waals surface area contributed by atoms with Gasteiger partial charge in [0.2, 0.25) is 0 Å². The first kappa shape index (κ1) is 16.3. The molecule has 5 heteroatoms. The van der Waals surface area contributed by atoms with Crippen LogP contribution in [0.4, 0.5) is 0 Å². The molecule has 0 saturated carbocycles. The summed E-state index contributed by atoms with van der Waals surface area (Å²) in [4.78, 5) is 22.8. The maximum absolute atomic E-state index is 13.0. The Balaban J connectivity index is 1.67. The number of aryl methyl sites for hydroxylation is 2. The number of benzene rings is 1. The fraction of sp³-hybridized carbons (Fsp3) is 0.400. The number of amides is 1. The van der Waals surface area contributed by atoms with Crippen LogP contribution in [-0.4, -0.2) is 27.8 Å². The van der Waals surface area contributed by atoms with Gasteiger partial charge in [-0.3, -0.25) is 4.79 Å². The van der Waals surface area contributed by atoms with E-state index in [1.807, 2.05) is 31.5 Å². The third kappa shape index (κ3) is 2.97. The summed E-state index contributed by atoms with van der Waals surface area (Å²) in [5, 5.41) is 4.21. The lowest BCUT2D eigenvalue weighted by atomic mass is 9.87. The van der Waals surface area contributed by atoms with Gasteiger partial charge in [-0.15, -0.1) is 11.3 Å². The van der Waals surface area contributed by atoms with Gasteiger partial charge in [0.25, 0.3) is 5.91 Å². The molecule has 4 rings (SSSR count). The van der Waals surface area contributed by atoms with Gasteiger partial charge >= 0.3 is 0 Å². The lowest BCUT2D eigenvalue weighted by Crippen LogP contribution is -2.26. The minimum absolute atomic E-state index is 0.0464. The van der Waals surface area contributed by atoms with Crippen molar-refractivity contribution in [1.29, 1.82) is 0 Å². The number of para-hydroxylation sites is 1. The molecule has 2 heterocycles. The van der Waals surface area contributed by atoms with Crippen molar-refractivity contribution >= 4 is 28.1 Å². The number of rotatable bonds is 3. The van der Waals surface area contributed by atoms with E-state index in [9.17, 15) is 4.79 Å². The lowest BCUT2D eigenvalue weighted by Gasteiger charge is -2.18. The molecule has 2 aromatic heterocycles. The second-order valence-corrected chi connectivity index (χ2v) is 8.14. The van der Waals surface area contributed by atoms with E-state index in [-0.39, 0.29) is 5.91 Å². The van der Waals surface area contributed by atoms with Gasteiger partial charge in [0.15, 0.2) is 0 Å². The maximum Gasteiger partial charge on any atom is 0.256 e. The van der Waals surface area contributed by atoms with E-state index in [1.54, 1.807) is 16.2 Å². The second-order valence-electron chi connectivity index (χ2n) is 7.20. The van der Waals surface area contributed by atoms with Crippen molar-refractivity contribution in [2.75, 3.05) is 7.05 Å². The molecule has 4 nitrogen and oxygen atoms in total. The first-order valence-corrected chi connectivity index (χ1v) is 9.70. The van der Waals surface area contributed by atoms with Gasteiger partial charge < -0.3 is 9.88 Å². The summed E-state index contributed by atoms with van der Waals surface area (Å²) in [5.41, 5.74) is 5.48. The maximum atomic E-state index is 13.0. The fourth-order valence-electron chi connectivity index (χ4n) is 3.75. The van der Waals surface area contributed by atoms with Crippen molar-refractivity contribution in [2.45, 2.75) is 39.7 Å². The largest absolute Gasteiger partial charge is 0.358 e. The normalized spacial score (nSPS) is 16.8. The van der Waals surface area contributed by atoms with Crippen molar-refractivity contribution in [3.8, 4) is 0 Å². The molecule has 0 radical (unpaired) electrons. The highest BCUT2D eigenvalue weighted by Crippen LogP contribution is 2.33. The molecule has 0 aliphatic heterocycles. The van der Waals surface area contributed by atoms with Gasteiger partial charge in [0.1, 0.15) is 5.01 Å². The molecular formula is C20H23N3OS. The Kier molecular flexibility index (Phi) is 4.12. The number of nitrogens with one attached hydrogen (secondary N) is 1. The number of fused-ring (bicyclic) bond motifs is 3. The predicted octanol–water partition coefficient (Wildman–Crippen LogP) is 4.33. The number of aromatic nitrogens is 2. The van der Waals surface area contributed by atoms with E-state index in [0.717, 1.165) is 34.6 Å². The molecule has 1 aromatic carbocycles. The van der Waals surface area contributed by atoms with Crippen molar-refractivity contribution in [2.24, 2.45) is 5.92 Å². The highest BCUT2D eigenvalue weighted by molar-refractivity contribution is 7.09. The van der Waals surface area contributed by atoms with Gasteiger partial charge in [-0.2, -0.15) is 0 Å². The van der Waals surface area contributed by atoms with Crippen LogP contribution in [0.3, 0.4) is 0 Å². The van der Waals surface area contributed by atoms with Crippen molar-refractivity contribution < 1.29 is 4.79 Å². The Morgan fingerprint density at radius 1 is 1.44 bits per heavy atom. The van der Waals surface area contributed by atoms with E-state index in [0.29, 0.717) is 12.5 Å². The van der Waals surface area contributed by atoms with Crippen LogP contribution in [0.25, 0.3) is 10.9 Å². The lowest BCUT2D eigenvalue weighted by molar-refractivity contribution is 0.0786. The van der Waals surface area contributed by atoms with E-state index >= 15 is 0 Å². The monoisotopic (exact) mass is 353 g/mol. The second kappa shape index (κ2) is 6.30. The quantitative estimate of drug-likeness (QED) is 0.762. The SMILES string of the molecule is Cc1csc(CN(C)C(=O)c2cccc3c4c([nH]c23)CCC(C)C4)n1. The minimum atomic E-state index is 0.0464. The van der Waals surface area contributed by atoms with Crippen molar-refractivity contribution in [1.82, 2.24) is 14.9 Å². The third-order valence-corrected chi connectivity index (χ3v) is 6.04. The summed E-state index contributed by atoms with van der Waals surface area (Å²) in [6, 6.07) is 6.08. The summed E-state index contributed by atoms with van der Waals surface area (Å²) in [7, 11) is 1.85. The summed E-state index contributed by atoms with van der Waals surface area (Å²) in [6.45, 7) is 4.83. The standard InChI is InChI=1S/C20H23N3OS/c1-12-7-8-17-16(9-12)14-5-4-6-15(19(14)22-17)20(24)23(3)10-18-21-13(2)11-25-18/h4-6,11-12,22H,7-10H2,1-3H3. The molecule has 1 unspecified atom stereocenters. The number of carbonyl (C=O) groups excluding carboxylic acids is 1. The number of hydrogen-bond donors (Lipinski definition) is 1. The highest BCUT2D eigenvalue weighted by atomic mass is 32.1. The average molecular weight is 353 g/mol. The first-order valence-electron chi connectivity index (χ1n) is 8.82. The molecule has 25 heavy (non-hydrogen) atoms. The number of aromatic amines is 1. The number of hydrogen-bond acceptors (Lipinski definition) is 3. The smallest absolute Gasteiger partial charge is 0.256 e. The van der Waals surface area contributed by atoms with Gasteiger partial charge in [0, 0.05) is 29.2 Å². The molecule has 3 aromatic rings. The summed E-state index contributed by atoms with van der Waals surface area (Å²) < 4.78 is 0. The topological polar surface area (TPSA) is 49.0 Å². The van der Waals surface area contributed by atoms with Crippen molar-refractivity contribution in [3.63, 3.8) is 0 Å². The Morgan fingerprint density at radius 2 is 2.28 bits per heavy atom. The zero-order chi connectivity index (χ0) is 17.6. The molecule has 1 aliphatic carbocycles. The molecule has 130 valence electrons.